The summed E-state index contributed by atoms with van der Waals surface area (Å²) in [4.78, 5) is 0. The molecule has 0 amide bonds. The number of rotatable bonds is 6. The predicted octanol–water partition coefficient (Wildman–Crippen LogP) is 3.90. The third kappa shape index (κ3) is 3.39. The Bertz CT molecular complexity index is 415. The molecule has 0 spiro atoms. The Labute approximate surface area is 115 Å². The summed E-state index contributed by atoms with van der Waals surface area (Å²) < 4.78 is 5.51. The van der Waals surface area contributed by atoms with Crippen LogP contribution in [0.15, 0.2) is 12.1 Å². The predicted molar refractivity (Wildman–Crippen MR) is 76.8 cm³/mol. The Kier molecular flexibility index (Phi) is 4.52. The van der Waals surface area contributed by atoms with Crippen LogP contribution in [0.3, 0.4) is 0 Å². The highest BCUT2D eigenvalue weighted by Crippen LogP contribution is 2.34. The quantitative estimate of drug-likeness (QED) is 0.844. The van der Waals surface area contributed by atoms with Crippen LogP contribution in [0, 0.1) is 6.92 Å². The van der Waals surface area contributed by atoms with E-state index >= 15 is 0 Å². The summed E-state index contributed by atoms with van der Waals surface area (Å²) in [5, 5.41) is 4.35. The molecule has 100 valence electrons. The maximum absolute atomic E-state index is 6.15. The number of nitrogens with one attached hydrogen (secondary N) is 1. The lowest BCUT2D eigenvalue weighted by molar-refractivity contribution is 0.401. The summed E-state index contributed by atoms with van der Waals surface area (Å²) >= 11 is 6.15. The average molecular weight is 268 g/mol. The van der Waals surface area contributed by atoms with E-state index in [-0.39, 0.29) is 0 Å². The zero-order chi connectivity index (χ0) is 13.1. The van der Waals surface area contributed by atoms with Crippen LogP contribution in [-0.4, -0.2) is 19.7 Å². The van der Waals surface area contributed by atoms with Crippen molar-refractivity contribution in [1.82, 2.24) is 5.32 Å². The van der Waals surface area contributed by atoms with Gasteiger partial charge in [-0.05, 0) is 61.9 Å². The molecule has 1 atom stereocenters. The Morgan fingerprint density at radius 1 is 1.44 bits per heavy atom. The number of ether oxygens (including phenoxy) is 1. The molecule has 1 saturated carbocycles. The molecule has 3 heteroatoms. The highest BCUT2D eigenvalue weighted by Gasteiger charge is 2.21. The molecule has 0 heterocycles. The number of benzene rings is 1. The van der Waals surface area contributed by atoms with Gasteiger partial charge in [0, 0.05) is 11.1 Å². The van der Waals surface area contributed by atoms with Crippen LogP contribution < -0.4 is 10.1 Å². The Hall–Kier alpha value is -0.730. The molecule has 1 unspecified atom stereocenters. The summed E-state index contributed by atoms with van der Waals surface area (Å²) in [7, 11) is 1.73. The molecule has 1 N–H and O–H groups in total. The van der Waals surface area contributed by atoms with Crippen molar-refractivity contribution in [2.75, 3.05) is 13.7 Å². The second-order valence-electron chi connectivity index (χ2n) is 5.26. The number of aryl methyl sites for hydroxylation is 1. The van der Waals surface area contributed by atoms with Crippen molar-refractivity contribution in [3.8, 4) is 5.75 Å². The third-order valence-corrected chi connectivity index (χ3v) is 3.81. The normalized spacial score (nSPS) is 16.7. The molecule has 0 saturated heterocycles. The third-order valence-electron chi connectivity index (χ3n) is 3.59. The van der Waals surface area contributed by atoms with E-state index in [9.17, 15) is 0 Å². The maximum Gasteiger partial charge on any atom is 0.125 e. The molecule has 1 aromatic carbocycles. The second-order valence-corrected chi connectivity index (χ2v) is 5.70. The number of hydrogen-bond acceptors (Lipinski definition) is 2. The fraction of sp³-hybridized carbons (Fsp3) is 0.600. The zero-order valence-corrected chi connectivity index (χ0v) is 12.2. The maximum atomic E-state index is 6.15. The first-order chi connectivity index (χ1) is 8.61. The van der Waals surface area contributed by atoms with E-state index in [1.54, 1.807) is 7.11 Å². The van der Waals surface area contributed by atoms with Gasteiger partial charge in [-0.15, -0.1) is 0 Å². The van der Waals surface area contributed by atoms with E-state index in [1.807, 2.05) is 19.1 Å². The molecule has 1 aliphatic rings. The van der Waals surface area contributed by atoms with Gasteiger partial charge < -0.3 is 10.1 Å². The van der Waals surface area contributed by atoms with Crippen LogP contribution in [0.4, 0.5) is 0 Å². The fourth-order valence-electron chi connectivity index (χ4n) is 2.35. The first-order valence-electron chi connectivity index (χ1n) is 6.69. The van der Waals surface area contributed by atoms with Crippen LogP contribution in [0.1, 0.15) is 43.2 Å². The minimum absolute atomic E-state index is 0.462. The number of methoxy groups -OCH3 is 1. The Balaban J connectivity index is 2.04. The number of halogens is 1. The lowest BCUT2D eigenvalue weighted by Crippen LogP contribution is -2.19. The van der Waals surface area contributed by atoms with E-state index in [1.165, 1.54) is 18.4 Å². The van der Waals surface area contributed by atoms with Gasteiger partial charge in [0.15, 0.2) is 0 Å². The molecule has 0 aromatic heterocycles. The van der Waals surface area contributed by atoms with Crippen molar-refractivity contribution in [3.05, 3.63) is 28.3 Å². The van der Waals surface area contributed by atoms with Gasteiger partial charge in [-0.3, -0.25) is 0 Å². The van der Waals surface area contributed by atoms with Crippen molar-refractivity contribution in [2.45, 2.75) is 45.1 Å². The molecular formula is C15H22ClNO. The van der Waals surface area contributed by atoms with E-state index in [0.717, 1.165) is 35.3 Å². The van der Waals surface area contributed by atoms with E-state index in [2.05, 4.69) is 12.2 Å². The molecule has 0 radical (unpaired) electrons. The topological polar surface area (TPSA) is 21.3 Å². The fourth-order valence-corrected chi connectivity index (χ4v) is 2.63. The summed E-state index contributed by atoms with van der Waals surface area (Å²) in [6, 6.07) is 4.77. The van der Waals surface area contributed by atoms with E-state index in [4.69, 9.17) is 16.3 Å². The first kappa shape index (κ1) is 13.7. The van der Waals surface area contributed by atoms with Gasteiger partial charge in [-0.1, -0.05) is 18.5 Å². The van der Waals surface area contributed by atoms with Gasteiger partial charge in [0.25, 0.3) is 0 Å². The highest BCUT2D eigenvalue weighted by atomic mass is 35.5. The van der Waals surface area contributed by atoms with Crippen LogP contribution in [-0.2, 0) is 0 Å². The van der Waals surface area contributed by atoms with Gasteiger partial charge in [0.1, 0.15) is 5.75 Å². The van der Waals surface area contributed by atoms with E-state index in [0.29, 0.717) is 5.92 Å². The van der Waals surface area contributed by atoms with Gasteiger partial charge in [0.05, 0.1) is 7.11 Å². The van der Waals surface area contributed by atoms with Crippen molar-refractivity contribution in [1.29, 1.82) is 0 Å². The molecule has 1 fully saturated rings. The first-order valence-corrected chi connectivity index (χ1v) is 7.07. The van der Waals surface area contributed by atoms with Crippen molar-refractivity contribution < 1.29 is 4.74 Å². The van der Waals surface area contributed by atoms with Gasteiger partial charge in [-0.2, -0.15) is 0 Å². The molecule has 0 bridgehead atoms. The molecule has 1 aromatic rings. The lowest BCUT2D eigenvalue weighted by atomic mass is 9.95. The van der Waals surface area contributed by atoms with Crippen LogP contribution in [0.25, 0.3) is 0 Å². The SMILES string of the molecule is COc1c(C)cc(Cl)cc1C(C)CCNC1CC1. The average Bonchev–Trinajstić information content (AvgIpc) is 3.12. The molecule has 2 rings (SSSR count). The van der Waals surface area contributed by atoms with Crippen LogP contribution in [0.5, 0.6) is 5.75 Å². The lowest BCUT2D eigenvalue weighted by Gasteiger charge is -2.18. The van der Waals surface area contributed by atoms with Gasteiger partial charge >= 0.3 is 0 Å². The Morgan fingerprint density at radius 2 is 2.17 bits per heavy atom. The largest absolute Gasteiger partial charge is 0.496 e. The Morgan fingerprint density at radius 3 is 2.78 bits per heavy atom. The van der Waals surface area contributed by atoms with Crippen LogP contribution >= 0.6 is 11.6 Å². The molecule has 1 aliphatic carbocycles. The van der Waals surface area contributed by atoms with Crippen molar-refractivity contribution >= 4 is 11.6 Å². The molecule has 0 aliphatic heterocycles. The minimum Gasteiger partial charge on any atom is -0.496 e. The van der Waals surface area contributed by atoms with Gasteiger partial charge in [-0.25, -0.2) is 0 Å². The summed E-state index contributed by atoms with van der Waals surface area (Å²) in [6.07, 6.45) is 3.80. The zero-order valence-electron chi connectivity index (χ0n) is 11.4. The summed E-state index contributed by atoms with van der Waals surface area (Å²) in [5.41, 5.74) is 2.34. The monoisotopic (exact) mass is 267 g/mol. The van der Waals surface area contributed by atoms with Crippen LogP contribution in [0.2, 0.25) is 5.02 Å². The van der Waals surface area contributed by atoms with Crippen molar-refractivity contribution in [2.24, 2.45) is 0 Å². The number of hydrogen-bond donors (Lipinski definition) is 1. The van der Waals surface area contributed by atoms with Crippen molar-refractivity contribution in [3.63, 3.8) is 0 Å². The molecule has 2 nitrogen and oxygen atoms in total. The summed E-state index contributed by atoms with van der Waals surface area (Å²) in [5.74, 6) is 1.45. The summed E-state index contributed by atoms with van der Waals surface area (Å²) in [6.45, 7) is 5.35. The molecule has 18 heavy (non-hydrogen) atoms. The van der Waals surface area contributed by atoms with E-state index < -0.39 is 0 Å². The van der Waals surface area contributed by atoms with Gasteiger partial charge in [0.2, 0.25) is 0 Å². The molecular weight excluding hydrogens is 246 g/mol. The second kappa shape index (κ2) is 5.94. The minimum atomic E-state index is 0.462. The highest BCUT2D eigenvalue weighted by molar-refractivity contribution is 6.30. The standard InChI is InChI=1S/C15H22ClNO/c1-10(6-7-17-13-4-5-13)14-9-12(16)8-11(2)15(14)18-3/h8-10,13,17H,4-7H2,1-3H3. The smallest absolute Gasteiger partial charge is 0.125 e.